The lowest BCUT2D eigenvalue weighted by atomic mass is 9.83. The average molecular weight is 338 g/mol. The van der Waals surface area contributed by atoms with Crippen LogP contribution in [0.2, 0.25) is 10.0 Å². The first-order valence-corrected chi connectivity index (χ1v) is 7.20. The molecule has 1 heterocycles. The van der Waals surface area contributed by atoms with Crippen molar-refractivity contribution in [2.24, 2.45) is 5.41 Å². The van der Waals surface area contributed by atoms with Crippen LogP contribution < -0.4 is 10.6 Å². The highest BCUT2D eigenvalue weighted by Crippen LogP contribution is 2.25. The summed E-state index contributed by atoms with van der Waals surface area (Å²) in [6.45, 7) is 4.86. The molecule has 1 aromatic carbocycles. The Morgan fingerprint density at radius 3 is 2.75 bits per heavy atom. The Hall–Kier alpha value is -0.480. The highest BCUT2D eigenvalue weighted by atomic mass is 35.5. The molecule has 0 bridgehead atoms. The molecule has 1 unspecified atom stereocenters. The predicted octanol–water partition coefficient (Wildman–Crippen LogP) is 3.53. The van der Waals surface area contributed by atoms with Crippen molar-refractivity contribution in [2.45, 2.75) is 19.8 Å². The Labute approximate surface area is 135 Å². The van der Waals surface area contributed by atoms with E-state index in [1.807, 2.05) is 0 Å². The second-order valence-electron chi connectivity index (χ2n) is 5.40. The van der Waals surface area contributed by atoms with Gasteiger partial charge < -0.3 is 10.6 Å². The molecule has 1 atom stereocenters. The van der Waals surface area contributed by atoms with Crippen LogP contribution in [0.4, 0.5) is 0 Å². The summed E-state index contributed by atoms with van der Waals surface area (Å²) in [4.78, 5) is 12.1. The third-order valence-electron chi connectivity index (χ3n) is 3.54. The van der Waals surface area contributed by atoms with Crippen molar-refractivity contribution in [3.8, 4) is 0 Å². The molecule has 1 aliphatic heterocycles. The Morgan fingerprint density at radius 1 is 1.40 bits per heavy atom. The normalized spacial score (nSPS) is 21.9. The van der Waals surface area contributed by atoms with Gasteiger partial charge in [-0.2, -0.15) is 0 Å². The summed E-state index contributed by atoms with van der Waals surface area (Å²) >= 11 is 11.7. The minimum Gasteiger partial charge on any atom is -0.351 e. The Kier molecular flexibility index (Phi) is 6.59. The first kappa shape index (κ1) is 17.6. The first-order chi connectivity index (χ1) is 9.00. The van der Waals surface area contributed by atoms with Crippen molar-refractivity contribution in [1.82, 2.24) is 10.6 Å². The summed E-state index contributed by atoms with van der Waals surface area (Å²) in [6, 6.07) is 4.92. The predicted molar refractivity (Wildman–Crippen MR) is 86.3 cm³/mol. The number of piperidine rings is 1. The third kappa shape index (κ3) is 4.52. The maximum atomic E-state index is 12.1. The fraction of sp³-hybridized carbons (Fsp3) is 0.500. The molecule has 20 heavy (non-hydrogen) atoms. The van der Waals surface area contributed by atoms with Crippen LogP contribution in [0.3, 0.4) is 0 Å². The lowest BCUT2D eigenvalue weighted by molar-refractivity contribution is 0.0924. The number of carbonyl (C=O) groups excluding carboxylic acids is 1. The maximum absolute atomic E-state index is 12.1. The molecule has 0 aromatic heterocycles. The number of rotatable bonds is 3. The second kappa shape index (κ2) is 7.51. The summed E-state index contributed by atoms with van der Waals surface area (Å²) in [7, 11) is 0. The SMILES string of the molecule is CC1(CNC(=O)c2ccc(Cl)c(Cl)c2)CCCNC1.Cl. The van der Waals surface area contributed by atoms with E-state index in [1.165, 1.54) is 0 Å². The van der Waals surface area contributed by atoms with Crippen LogP contribution in [0.25, 0.3) is 0 Å². The number of halogens is 3. The van der Waals surface area contributed by atoms with Crippen LogP contribution in [0.5, 0.6) is 0 Å². The molecule has 6 heteroatoms. The van der Waals surface area contributed by atoms with Gasteiger partial charge in [-0.1, -0.05) is 30.1 Å². The van der Waals surface area contributed by atoms with E-state index >= 15 is 0 Å². The molecule has 0 saturated carbocycles. The highest BCUT2D eigenvalue weighted by Gasteiger charge is 2.27. The van der Waals surface area contributed by atoms with Gasteiger partial charge in [0.25, 0.3) is 5.91 Å². The molecule has 1 aromatic rings. The van der Waals surface area contributed by atoms with E-state index < -0.39 is 0 Å². The monoisotopic (exact) mass is 336 g/mol. The van der Waals surface area contributed by atoms with Crippen molar-refractivity contribution in [1.29, 1.82) is 0 Å². The molecule has 1 fully saturated rings. The van der Waals surface area contributed by atoms with Crippen LogP contribution in [0.1, 0.15) is 30.1 Å². The van der Waals surface area contributed by atoms with Crippen LogP contribution in [0.15, 0.2) is 18.2 Å². The fourth-order valence-corrected chi connectivity index (χ4v) is 2.60. The molecule has 1 amide bonds. The van der Waals surface area contributed by atoms with E-state index in [-0.39, 0.29) is 23.7 Å². The van der Waals surface area contributed by atoms with Gasteiger partial charge in [0.05, 0.1) is 10.0 Å². The number of amides is 1. The first-order valence-electron chi connectivity index (χ1n) is 6.44. The number of nitrogens with one attached hydrogen (secondary N) is 2. The van der Waals surface area contributed by atoms with Gasteiger partial charge >= 0.3 is 0 Å². The van der Waals surface area contributed by atoms with E-state index in [4.69, 9.17) is 23.2 Å². The number of carbonyl (C=O) groups is 1. The van der Waals surface area contributed by atoms with Gasteiger partial charge in [-0.05, 0) is 43.0 Å². The number of hydrogen-bond acceptors (Lipinski definition) is 2. The van der Waals surface area contributed by atoms with Crippen LogP contribution in [-0.2, 0) is 0 Å². The Balaban J connectivity index is 0.00000200. The molecule has 0 aliphatic carbocycles. The third-order valence-corrected chi connectivity index (χ3v) is 4.28. The van der Waals surface area contributed by atoms with E-state index in [2.05, 4.69) is 17.6 Å². The summed E-state index contributed by atoms with van der Waals surface area (Å²) in [6.07, 6.45) is 2.28. The number of hydrogen-bond donors (Lipinski definition) is 2. The molecule has 3 nitrogen and oxygen atoms in total. The van der Waals surface area contributed by atoms with E-state index in [9.17, 15) is 4.79 Å². The fourth-order valence-electron chi connectivity index (χ4n) is 2.30. The molecule has 2 N–H and O–H groups in total. The molecule has 1 saturated heterocycles. The number of benzene rings is 1. The smallest absolute Gasteiger partial charge is 0.251 e. The minimum absolute atomic E-state index is 0. The molecule has 2 rings (SSSR count). The molecule has 0 radical (unpaired) electrons. The lowest BCUT2D eigenvalue weighted by Gasteiger charge is -2.34. The zero-order valence-corrected chi connectivity index (χ0v) is 13.7. The maximum Gasteiger partial charge on any atom is 0.251 e. The van der Waals surface area contributed by atoms with Gasteiger partial charge in [-0.15, -0.1) is 12.4 Å². The van der Waals surface area contributed by atoms with Crippen molar-refractivity contribution in [2.75, 3.05) is 19.6 Å². The zero-order valence-electron chi connectivity index (χ0n) is 11.3. The lowest BCUT2D eigenvalue weighted by Crippen LogP contribution is -2.45. The zero-order chi connectivity index (χ0) is 13.9. The molecule has 0 spiro atoms. The Morgan fingerprint density at radius 2 is 2.15 bits per heavy atom. The van der Waals surface area contributed by atoms with Gasteiger partial charge in [0.2, 0.25) is 0 Å². The van der Waals surface area contributed by atoms with E-state index in [1.54, 1.807) is 18.2 Å². The highest BCUT2D eigenvalue weighted by molar-refractivity contribution is 6.42. The quantitative estimate of drug-likeness (QED) is 0.886. The van der Waals surface area contributed by atoms with Crippen molar-refractivity contribution in [3.05, 3.63) is 33.8 Å². The Bertz CT molecular complexity index is 473. The summed E-state index contributed by atoms with van der Waals surface area (Å²) in [5.74, 6) is -0.106. The summed E-state index contributed by atoms with van der Waals surface area (Å²) in [5.41, 5.74) is 0.672. The van der Waals surface area contributed by atoms with E-state index in [0.717, 1.165) is 25.9 Å². The van der Waals surface area contributed by atoms with Crippen molar-refractivity contribution in [3.63, 3.8) is 0 Å². The topological polar surface area (TPSA) is 41.1 Å². The second-order valence-corrected chi connectivity index (χ2v) is 6.22. The van der Waals surface area contributed by atoms with Gasteiger partial charge in [0.15, 0.2) is 0 Å². The summed E-state index contributed by atoms with van der Waals surface area (Å²) in [5, 5.41) is 7.20. The van der Waals surface area contributed by atoms with E-state index in [0.29, 0.717) is 22.2 Å². The standard InChI is InChI=1S/C14H18Cl2N2O.ClH/c1-14(5-2-6-17-8-14)9-18-13(19)10-3-4-11(15)12(16)7-10;/h3-4,7,17H,2,5-6,8-9H2,1H3,(H,18,19);1H. The van der Waals surface area contributed by atoms with Crippen LogP contribution in [0, 0.1) is 5.41 Å². The van der Waals surface area contributed by atoms with Gasteiger partial charge in [-0.3, -0.25) is 4.79 Å². The van der Waals surface area contributed by atoms with Gasteiger partial charge in [0.1, 0.15) is 0 Å². The van der Waals surface area contributed by atoms with Crippen LogP contribution >= 0.6 is 35.6 Å². The van der Waals surface area contributed by atoms with Gasteiger partial charge in [-0.25, -0.2) is 0 Å². The average Bonchev–Trinajstić information content (AvgIpc) is 2.40. The van der Waals surface area contributed by atoms with Gasteiger partial charge in [0, 0.05) is 18.7 Å². The van der Waals surface area contributed by atoms with Crippen molar-refractivity contribution >= 4 is 41.5 Å². The summed E-state index contributed by atoms with van der Waals surface area (Å²) < 4.78 is 0. The molecule has 112 valence electrons. The minimum atomic E-state index is -0.106. The molecule has 1 aliphatic rings. The molecular formula is C14H19Cl3N2O. The van der Waals surface area contributed by atoms with Crippen molar-refractivity contribution < 1.29 is 4.79 Å². The van der Waals surface area contributed by atoms with Crippen LogP contribution in [-0.4, -0.2) is 25.5 Å². The molecular weight excluding hydrogens is 319 g/mol. The largest absolute Gasteiger partial charge is 0.351 e.